The maximum atomic E-state index is 10.8. The van der Waals surface area contributed by atoms with Crippen LogP contribution in [0.4, 0.5) is 0 Å². The van der Waals surface area contributed by atoms with E-state index < -0.39 is 5.97 Å². The van der Waals surface area contributed by atoms with Crippen molar-refractivity contribution in [3.63, 3.8) is 0 Å². The zero-order valence-electron chi connectivity index (χ0n) is 7.68. The molecular weight excluding hydrogens is 432 g/mol. The van der Waals surface area contributed by atoms with E-state index in [1.807, 2.05) is 30.3 Å². The molecule has 2 aromatic carbocycles. The second-order valence-electron chi connectivity index (χ2n) is 2.83. The number of hydrogen-bond donors (Lipinski definition) is 1. The minimum absolute atomic E-state index is 0. The summed E-state index contributed by atoms with van der Waals surface area (Å²) < 4.78 is 0. The van der Waals surface area contributed by atoms with Gasteiger partial charge in [-0.25, -0.2) is 4.79 Å². The Morgan fingerprint density at radius 3 is 2.27 bits per heavy atom. The Morgan fingerprint density at radius 2 is 1.60 bits per heavy atom. The first kappa shape index (κ1) is 14.6. The molecule has 0 aliphatic heterocycles. The minimum Gasteiger partial charge on any atom is -0.478 e. The van der Waals surface area contributed by atoms with Gasteiger partial charge in [0.2, 0.25) is 0 Å². The quantitative estimate of drug-likeness (QED) is 0.691. The topological polar surface area (TPSA) is 37.3 Å². The predicted octanol–water partition coefficient (Wildman–Crippen LogP) is 2.15. The zero-order chi connectivity index (χ0) is 9.26. The summed E-state index contributed by atoms with van der Waals surface area (Å²) in [6.45, 7) is 0. The summed E-state index contributed by atoms with van der Waals surface area (Å²) in [5.41, 5.74) is 0.359. The first-order valence-electron chi connectivity index (χ1n) is 4.00. The third-order valence-corrected chi connectivity index (χ3v) is 2.02. The Labute approximate surface area is 117 Å². The Hall–Kier alpha value is -0.440. The Kier molecular flexibility index (Phi) is 6.03. The van der Waals surface area contributed by atoms with Crippen LogP contribution >= 0.6 is 0 Å². The van der Waals surface area contributed by atoms with E-state index in [1.165, 1.54) is 0 Å². The van der Waals surface area contributed by atoms with Crippen LogP contribution in [0.25, 0.3) is 10.8 Å². The maximum absolute atomic E-state index is 10.8. The number of carboxylic acid groups (broad SMARTS) is 1. The van der Waals surface area contributed by atoms with Crippen LogP contribution < -0.4 is 0 Å². The molecule has 0 aliphatic carbocycles. The second-order valence-corrected chi connectivity index (χ2v) is 2.83. The molecule has 0 saturated heterocycles. The second kappa shape index (κ2) is 6.21. The average molecular weight is 440 g/mol. The molecule has 0 fully saturated rings. The Bertz CT molecular complexity index is 466. The monoisotopic (exact) mass is 440 g/mol. The van der Waals surface area contributed by atoms with E-state index in [0.29, 0.717) is 5.56 Å². The van der Waals surface area contributed by atoms with Crippen molar-refractivity contribution in [2.75, 3.05) is 0 Å². The van der Waals surface area contributed by atoms with Crippen molar-refractivity contribution in [3.8, 4) is 0 Å². The summed E-state index contributed by atoms with van der Waals surface area (Å²) in [5.74, 6) is -0.878. The van der Waals surface area contributed by atoms with Crippen molar-refractivity contribution in [1.29, 1.82) is 0 Å². The molecule has 15 heavy (non-hydrogen) atoms. The normalized spacial score (nSPS) is 8.80. The van der Waals surface area contributed by atoms with Gasteiger partial charge in [0.15, 0.2) is 0 Å². The van der Waals surface area contributed by atoms with Crippen molar-refractivity contribution in [2.45, 2.75) is 0 Å². The first-order chi connectivity index (χ1) is 6.29. The van der Waals surface area contributed by atoms with E-state index in [9.17, 15) is 4.79 Å². The molecule has 0 atom stereocenters. The van der Waals surface area contributed by atoms with Crippen molar-refractivity contribution in [1.82, 2.24) is 0 Å². The summed E-state index contributed by atoms with van der Waals surface area (Å²) in [4.78, 5) is 10.8. The minimum atomic E-state index is -0.878. The SMILES string of the molecule is O=C(O)c1cccc2ccccc12.[Bi].[Co]. The van der Waals surface area contributed by atoms with Crippen LogP contribution in [-0.2, 0) is 16.8 Å². The summed E-state index contributed by atoms with van der Waals surface area (Å²) >= 11 is 0. The van der Waals surface area contributed by atoms with Gasteiger partial charge >= 0.3 is 5.97 Å². The number of benzene rings is 2. The molecule has 2 aromatic rings. The van der Waals surface area contributed by atoms with Crippen LogP contribution in [0.2, 0.25) is 0 Å². The molecule has 2 nitrogen and oxygen atoms in total. The summed E-state index contributed by atoms with van der Waals surface area (Å²) in [5, 5.41) is 10.6. The predicted molar refractivity (Wildman–Crippen MR) is 56.7 cm³/mol. The molecule has 4 heteroatoms. The molecule has 0 saturated carbocycles. The molecule has 0 aromatic heterocycles. The summed E-state index contributed by atoms with van der Waals surface area (Å²) in [7, 11) is 0. The number of carbonyl (C=O) groups is 1. The van der Waals surface area contributed by atoms with Crippen molar-refractivity contribution >= 4 is 42.9 Å². The molecule has 0 aliphatic rings. The van der Waals surface area contributed by atoms with Gasteiger partial charge < -0.3 is 5.11 Å². The van der Waals surface area contributed by atoms with E-state index >= 15 is 0 Å². The fourth-order valence-corrected chi connectivity index (χ4v) is 1.41. The van der Waals surface area contributed by atoms with E-state index in [1.54, 1.807) is 12.1 Å². The van der Waals surface area contributed by atoms with Crippen LogP contribution in [0.1, 0.15) is 10.4 Å². The molecule has 0 spiro atoms. The average Bonchev–Trinajstić information content (AvgIpc) is 2.17. The van der Waals surface area contributed by atoms with E-state index in [0.717, 1.165) is 10.8 Å². The number of fused-ring (bicyclic) bond motifs is 1. The third-order valence-electron chi connectivity index (χ3n) is 2.02. The number of carboxylic acids is 1. The van der Waals surface area contributed by atoms with Crippen molar-refractivity contribution in [2.24, 2.45) is 0 Å². The molecule has 0 bridgehead atoms. The van der Waals surface area contributed by atoms with E-state index in [4.69, 9.17) is 5.11 Å². The van der Waals surface area contributed by atoms with Crippen LogP contribution in [-0.4, -0.2) is 37.3 Å². The van der Waals surface area contributed by atoms with Gasteiger partial charge in [-0.15, -0.1) is 0 Å². The zero-order valence-corrected chi connectivity index (χ0v) is 12.2. The van der Waals surface area contributed by atoms with Gasteiger partial charge in [-0.3, -0.25) is 0 Å². The molecule has 1 N–H and O–H groups in total. The maximum Gasteiger partial charge on any atom is 0.336 e. The van der Waals surface area contributed by atoms with E-state index in [-0.39, 0.29) is 43.0 Å². The largest absolute Gasteiger partial charge is 0.478 e. The summed E-state index contributed by atoms with van der Waals surface area (Å²) in [6.07, 6.45) is 0. The van der Waals surface area contributed by atoms with Gasteiger partial charge in [0.05, 0.1) is 5.56 Å². The Morgan fingerprint density at radius 1 is 1.00 bits per heavy atom. The van der Waals surface area contributed by atoms with Gasteiger partial charge in [0.25, 0.3) is 0 Å². The van der Waals surface area contributed by atoms with Crippen LogP contribution in [0, 0.1) is 0 Å². The van der Waals surface area contributed by atoms with Gasteiger partial charge in [0, 0.05) is 43.0 Å². The third kappa shape index (κ3) is 3.00. The van der Waals surface area contributed by atoms with Crippen LogP contribution in [0.15, 0.2) is 42.5 Å². The van der Waals surface area contributed by atoms with Gasteiger partial charge in [0.1, 0.15) is 0 Å². The van der Waals surface area contributed by atoms with Crippen LogP contribution in [0.5, 0.6) is 0 Å². The molecular formula is C11H8BiCoO2. The van der Waals surface area contributed by atoms with Gasteiger partial charge in [-0.2, -0.15) is 0 Å². The molecule has 0 unspecified atom stereocenters. The summed E-state index contributed by atoms with van der Waals surface area (Å²) in [6, 6.07) is 12.7. The van der Waals surface area contributed by atoms with Crippen LogP contribution in [0.3, 0.4) is 0 Å². The smallest absolute Gasteiger partial charge is 0.336 e. The van der Waals surface area contributed by atoms with Gasteiger partial charge in [-0.1, -0.05) is 36.4 Å². The Balaban J connectivity index is 0.000000980. The van der Waals surface area contributed by atoms with E-state index in [2.05, 4.69) is 0 Å². The number of rotatable bonds is 1. The molecule has 0 heterocycles. The number of aromatic carboxylic acids is 1. The first-order valence-corrected chi connectivity index (χ1v) is 4.00. The fraction of sp³-hybridized carbons (Fsp3) is 0. The molecule has 2 rings (SSSR count). The fourth-order valence-electron chi connectivity index (χ4n) is 1.41. The van der Waals surface area contributed by atoms with Crippen molar-refractivity contribution in [3.05, 3.63) is 48.0 Å². The molecule has 0 amide bonds. The molecule has 78 valence electrons. The standard InChI is InChI=1S/C11H8O2.Bi.Co/c12-11(13)10-7-3-5-8-4-1-2-6-9(8)10;;/h1-7H,(H,12,13);;. The number of hydrogen-bond acceptors (Lipinski definition) is 1. The van der Waals surface area contributed by atoms with Gasteiger partial charge in [-0.05, 0) is 16.8 Å². The molecule has 4 radical (unpaired) electrons. The van der Waals surface area contributed by atoms with Crippen molar-refractivity contribution < 1.29 is 26.7 Å².